The van der Waals surface area contributed by atoms with Crippen LogP contribution in [-0.4, -0.2) is 4.98 Å². The molecule has 2 aromatic rings. The lowest BCUT2D eigenvalue weighted by Crippen LogP contribution is -1.94. The molecule has 0 amide bonds. The fraction of sp³-hybridized carbons (Fsp3) is 0.429. The standard InChI is InChI=1S/C14H19N/c1-9(2)7-12-11(4)15-14-6-5-10(3)8-13(12)14/h5-6,8-9,15H,7H2,1-4H3. The molecular formula is C14H19N. The highest BCUT2D eigenvalue weighted by molar-refractivity contribution is 5.85. The second kappa shape index (κ2) is 3.73. The highest BCUT2D eigenvalue weighted by Gasteiger charge is 2.09. The van der Waals surface area contributed by atoms with Gasteiger partial charge in [0.1, 0.15) is 0 Å². The molecule has 0 aliphatic heterocycles. The van der Waals surface area contributed by atoms with E-state index in [1.54, 1.807) is 0 Å². The zero-order valence-electron chi connectivity index (χ0n) is 10.0. The average molecular weight is 201 g/mol. The molecule has 0 bridgehead atoms. The van der Waals surface area contributed by atoms with Crippen molar-refractivity contribution >= 4 is 10.9 Å². The van der Waals surface area contributed by atoms with Gasteiger partial charge in [0.05, 0.1) is 0 Å². The van der Waals surface area contributed by atoms with Crippen LogP contribution in [0.15, 0.2) is 18.2 Å². The van der Waals surface area contributed by atoms with Gasteiger partial charge in [0.2, 0.25) is 0 Å². The molecule has 0 unspecified atom stereocenters. The minimum absolute atomic E-state index is 0.711. The molecule has 80 valence electrons. The zero-order valence-corrected chi connectivity index (χ0v) is 10.0. The maximum Gasteiger partial charge on any atom is 0.0459 e. The van der Waals surface area contributed by atoms with E-state index in [9.17, 15) is 0 Å². The Labute approximate surface area is 91.5 Å². The number of nitrogens with one attached hydrogen (secondary N) is 1. The summed E-state index contributed by atoms with van der Waals surface area (Å²) in [5.74, 6) is 0.711. The summed E-state index contributed by atoms with van der Waals surface area (Å²) in [5, 5.41) is 1.40. The van der Waals surface area contributed by atoms with Crippen LogP contribution < -0.4 is 0 Å². The summed E-state index contributed by atoms with van der Waals surface area (Å²) in [6.45, 7) is 8.87. The number of aromatic nitrogens is 1. The molecule has 0 aliphatic rings. The highest BCUT2D eigenvalue weighted by atomic mass is 14.7. The van der Waals surface area contributed by atoms with E-state index < -0.39 is 0 Å². The maximum atomic E-state index is 3.46. The van der Waals surface area contributed by atoms with Crippen LogP contribution in [0.5, 0.6) is 0 Å². The number of benzene rings is 1. The molecule has 0 radical (unpaired) electrons. The van der Waals surface area contributed by atoms with Gasteiger partial charge in [-0.2, -0.15) is 0 Å². The minimum atomic E-state index is 0.711. The van der Waals surface area contributed by atoms with E-state index in [2.05, 4.69) is 50.9 Å². The molecule has 1 N–H and O–H groups in total. The maximum absolute atomic E-state index is 3.46. The van der Waals surface area contributed by atoms with Crippen LogP contribution in [0.1, 0.15) is 30.7 Å². The lowest BCUT2D eigenvalue weighted by Gasteiger charge is -2.05. The lowest BCUT2D eigenvalue weighted by atomic mass is 9.99. The monoisotopic (exact) mass is 201 g/mol. The Hall–Kier alpha value is -1.24. The minimum Gasteiger partial charge on any atom is -0.358 e. The molecule has 2 rings (SSSR count). The van der Waals surface area contributed by atoms with Crippen molar-refractivity contribution in [1.29, 1.82) is 0 Å². The molecule has 1 aromatic carbocycles. The molecule has 0 fully saturated rings. The van der Waals surface area contributed by atoms with Crippen LogP contribution in [-0.2, 0) is 6.42 Å². The predicted molar refractivity (Wildman–Crippen MR) is 66.3 cm³/mol. The smallest absolute Gasteiger partial charge is 0.0459 e. The predicted octanol–water partition coefficient (Wildman–Crippen LogP) is 3.98. The van der Waals surface area contributed by atoms with Crippen molar-refractivity contribution < 1.29 is 0 Å². The number of aromatic amines is 1. The molecule has 0 spiro atoms. The van der Waals surface area contributed by atoms with Gasteiger partial charge in [0, 0.05) is 16.6 Å². The van der Waals surface area contributed by atoms with Crippen molar-refractivity contribution in [2.24, 2.45) is 5.92 Å². The van der Waals surface area contributed by atoms with Crippen molar-refractivity contribution in [2.75, 3.05) is 0 Å². The first kappa shape index (κ1) is 10.3. The van der Waals surface area contributed by atoms with Crippen molar-refractivity contribution in [3.63, 3.8) is 0 Å². The average Bonchev–Trinajstić information content (AvgIpc) is 2.43. The summed E-state index contributed by atoms with van der Waals surface area (Å²) in [6.07, 6.45) is 1.16. The Morgan fingerprint density at radius 1 is 1.20 bits per heavy atom. The van der Waals surface area contributed by atoms with E-state index in [0.717, 1.165) is 6.42 Å². The lowest BCUT2D eigenvalue weighted by molar-refractivity contribution is 0.647. The number of hydrogen-bond donors (Lipinski definition) is 1. The number of hydrogen-bond acceptors (Lipinski definition) is 0. The molecule has 1 nitrogen and oxygen atoms in total. The fourth-order valence-corrected chi connectivity index (χ4v) is 2.17. The Kier molecular flexibility index (Phi) is 2.56. The topological polar surface area (TPSA) is 15.8 Å². The third-order valence-electron chi connectivity index (χ3n) is 2.89. The molecule has 15 heavy (non-hydrogen) atoms. The normalized spacial score (nSPS) is 11.5. The van der Waals surface area contributed by atoms with E-state index in [1.165, 1.54) is 27.7 Å². The number of rotatable bonds is 2. The Bertz CT molecular complexity index is 477. The number of aryl methyl sites for hydroxylation is 2. The summed E-state index contributed by atoms with van der Waals surface area (Å²) in [4.78, 5) is 3.46. The van der Waals surface area contributed by atoms with Crippen LogP contribution in [0.2, 0.25) is 0 Å². The number of H-pyrrole nitrogens is 1. The molecule has 0 saturated carbocycles. The van der Waals surface area contributed by atoms with Crippen molar-refractivity contribution in [1.82, 2.24) is 4.98 Å². The van der Waals surface area contributed by atoms with Gasteiger partial charge in [-0.1, -0.05) is 25.5 Å². The SMILES string of the molecule is Cc1ccc2[nH]c(C)c(CC(C)C)c2c1. The van der Waals surface area contributed by atoms with Crippen molar-refractivity contribution in [3.8, 4) is 0 Å². The summed E-state index contributed by atoms with van der Waals surface area (Å²) in [6, 6.07) is 6.63. The van der Waals surface area contributed by atoms with Gasteiger partial charge in [-0.3, -0.25) is 0 Å². The Balaban J connectivity index is 2.60. The van der Waals surface area contributed by atoms with Crippen molar-refractivity contribution in [2.45, 2.75) is 34.1 Å². The van der Waals surface area contributed by atoms with E-state index in [0.29, 0.717) is 5.92 Å². The highest BCUT2D eigenvalue weighted by Crippen LogP contribution is 2.25. The molecule has 1 heterocycles. The first-order chi connectivity index (χ1) is 7.08. The Morgan fingerprint density at radius 3 is 2.60 bits per heavy atom. The van der Waals surface area contributed by atoms with Crippen LogP contribution in [0.3, 0.4) is 0 Å². The van der Waals surface area contributed by atoms with E-state index in [-0.39, 0.29) is 0 Å². The van der Waals surface area contributed by atoms with E-state index in [4.69, 9.17) is 0 Å². The zero-order chi connectivity index (χ0) is 11.0. The van der Waals surface area contributed by atoms with Gasteiger partial charge in [-0.05, 0) is 43.9 Å². The summed E-state index contributed by atoms with van der Waals surface area (Å²) < 4.78 is 0. The summed E-state index contributed by atoms with van der Waals surface area (Å²) >= 11 is 0. The van der Waals surface area contributed by atoms with Crippen LogP contribution in [0, 0.1) is 19.8 Å². The van der Waals surface area contributed by atoms with Gasteiger partial charge in [0.25, 0.3) is 0 Å². The second-order valence-corrected chi connectivity index (χ2v) is 4.88. The fourth-order valence-electron chi connectivity index (χ4n) is 2.17. The van der Waals surface area contributed by atoms with Gasteiger partial charge >= 0.3 is 0 Å². The van der Waals surface area contributed by atoms with E-state index >= 15 is 0 Å². The first-order valence-corrected chi connectivity index (χ1v) is 5.65. The number of fused-ring (bicyclic) bond motifs is 1. The van der Waals surface area contributed by atoms with Gasteiger partial charge in [0.15, 0.2) is 0 Å². The third-order valence-corrected chi connectivity index (χ3v) is 2.89. The molecular weight excluding hydrogens is 182 g/mol. The Morgan fingerprint density at radius 2 is 1.93 bits per heavy atom. The molecule has 1 aromatic heterocycles. The first-order valence-electron chi connectivity index (χ1n) is 5.65. The molecule has 0 atom stereocenters. The molecule has 1 heteroatoms. The van der Waals surface area contributed by atoms with E-state index in [1.807, 2.05) is 0 Å². The van der Waals surface area contributed by atoms with Gasteiger partial charge < -0.3 is 4.98 Å². The van der Waals surface area contributed by atoms with Crippen LogP contribution in [0.4, 0.5) is 0 Å². The van der Waals surface area contributed by atoms with Crippen LogP contribution in [0.25, 0.3) is 10.9 Å². The van der Waals surface area contributed by atoms with Gasteiger partial charge in [-0.15, -0.1) is 0 Å². The quantitative estimate of drug-likeness (QED) is 0.756. The summed E-state index contributed by atoms with van der Waals surface area (Å²) in [7, 11) is 0. The molecule has 0 saturated heterocycles. The van der Waals surface area contributed by atoms with Crippen molar-refractivity contribution in [3.05, 3.63) is 35.0 Å². The van der Waals surface area contributed by atoms with Crippen LogP contribution >= 0.6 is 0 Å². The third kappa shape index (κ3) is 1.92. The largest absolute Gasteiger partial charge is 0.358 e. The van der Waals surface area contributed by atoms with Gasteiger partial charge in [-0.25, -0.2) is 0 Å². The second-order valence-electron chi connectivity index (χ2n) is 4.88. The summed E-state index contributed by atoms with van der Waals surface area (Å²) in [5.41, 5.74) is 5.42. The molecule has 0 aliphatic carbocycles.